The highest BCUT2D eigenvalue weighted by molar-refractivity contribution is 7.89. The number of hydrogen-bond donors (Lipinski definition) is 1. The molecule has 2 aromatic heterocycles. The van der Waals surface area contributed by atoms with Crippen LogP contribution in [-0.4, -0.2) is 67.0 Å². The number of piperazine rings is 1. The van der Waals surface area contributed by atoms with Gasteiger partial charge in [0.15, 0.2) is 0 Å². The van der Waals surface area contributed by atoms with Crippen LogP contribution in [0.15, 0.2) is 57.3 Å². The van der Waals surface area contributed by atoms with E-state index in [0.717, 1.165) is 4.88 Å². The molecular formula is C20H23N5O4S2. The molecular weight excluding hydrogens is 438 g/mol. The van der Waals surface area contributed by atoms with Gasteiger partial charge in [-0.1, -0.05) is 29.4 Å². The SMILES string of the molecule is O=C(CCNS(=O)(=O)c1ccccc1)N1CCN(Cc2nc(-c3cccs3)no2)CC1. The van der Waals surface area contributed by atoms with E-state index < -0.39 is 10.0 Å². The Balaban J connectivity index is 1.20. The fraction of sp³-hybridized carbons (Fsp3) is 0.350. The summed E-state index contributed by atoms with van der Waals surface area (Å²) in [6.07, 6.45) is 0.125. The third-order valence-corrected chi connectivity index (χ3v) is 7.32. The van der Waals surface area contributed by atoms with Crippen LogP contribution in [0.1, 0.15) is 12.3 Å². The van der Waals surface area contributed by atoms with Gasteiger partial charge in [-0.25, -0.2) is 13.1 Å². The van der Waals surface area contributed by atoms with Crippen molar-refractivity contribution >= 4 is 27.3 Å². The van der Waals surface area contributed by atoms with Crippen LogP contribution in [0.2, 0.25) is 0 Å². The summed E-state index contributed by atoms with van der Waals surface area (Å²) >= 11 is 1.56. The molecule has 1 amide bonds. The van der Waals surface area contributed by atoms with Gasteiger partial charge in [-0.3, -0.25) is 9.69 Å². The largest absolute Gasteiger partial charge is 0.340 e. The van der Waals surface area contributed by atoms with Crippen LogP contribution in [0.5, 0.6) is 0 Å². The molecule has 1 saturated heterocycles. The van der Waals surface area contributed by atoms with E-state index in [2.05, 4.69) is 19.8 Å². The van der Waals surface area contributed by atoms with Gasteiger partial charge in [0.1, 0.15) is 0 Å². The molecule has 0 unspecified atom stereocenters. The molecule has 1 fully saturated rings. The Morgan fingerprint density at radius 1 is 1.10 bits per heavy atom. The first kappa shape index (κ1) is 21.6. The molecule has 9 nitrogen and oxygen atoms in total. The maximum atomic E-state index is 12.5. The molecule has 3 heterocycles. The number of hydrogen-bond acceptors (Lipinski definition) is 8. The molecule has 0 bridgehead atoms. The summed E-state index contributed by atoms with van der Waals surface area (Å²) in [5.74, 6) is 1.09. The fourth-order valence-electron chi connectivity index (χ4n) is 3.31. The Kier molecular flexibility index (Phi) is 6.76. The average molecular weight is 462 g/mol. The van der Waals surface area contributed by atoms with Crippen molar-refractivity contribution < 1.29 is 17.7 Å². The van der Waals surface area contributed by atoms with E-state index >= 15 is 0 Å². The van der Waals surface area contributed by atoms with E-state index in [1.54, 1.807) is 34.4 Å². The van der Waals surface area contributed by atoms with Crippen molar-refractivity contribution in [2.75, 3.05) is 32.7 Å². The molecule has 1 aromatic carbocycles. The summed E-state index contributed by atoms with van der Waals surface area (Å²) in [5.41, 5.74) is 0. The first-order chi connectivity index (χ1) is 15.0. The number of nitrogens with one attached hydrogen (secondary N) is 1. The molecule has 4 rings (SSSR count). The number of carbonyl (C=O) groups excluding carboxylic acids is 1. The van der Waals surface area contributed by atoms with Gasteiger partial charge in [0, 0.05) is 39.1 Å². The van der Waals surface area contributed by atoms with E-state index in [0.29, 0.717) is 44.4 Å². The van der Waals surface area contributed by atoms with E-state index in [1.807, 2.05) is 17.5 Å². The lowest BCUT2D eigenvalue weighted by molar-refractivity contribution is -0.132. The molecule has 3 aromatic rings. The topological polar surface area (TPSA) is 109 Å². The van der Waals surface area contributed by atoms with Crippen LogP contribution in [0.25, 0.3) is 10.7 Å². The number of amides is 1. The highest BCUT2D eigenvalue weighted by Gasteiger charge is 2.23. The molecule has 0 radical (unpaired) electrons. The van der Waals surface area contributed by atoms with Crippen LogP contribution >= 0.6 is 11.3 Å². The van der Waals surface area contributed by atoms with Crippen LogP contribution in [0, 0.1) is 0 Å². The van der Waals surface area contributed by atoms with Crippen molar-refractivity contribution in [3.63, 3.8) is 0 Å². The first-order valence-electron chi connectivity index (χ1n) is 9.92. The summed E-state index contributed by atoms with van der Waals surface area (Å²) < 4.78 is 32.3. The van der Waals surface area contributed by atoms with Gasteiger partial charge in [-0.05, 0) is 23.6 Å². The third-order valence-electron chi connectivity index (χ3n) is 4.98. The Bertz CT molecular complexity index is 1090. The zero-order valence-electron chi connectivity index (χ0n) is 16.8. The summed E-state index contributed by atoms with van der Waals surface area (Å²) in [6.45, 7) is 3.16. The van der Waals surface area contributed by atoms with Gasteiger partial charge >= 0.3 is 0 Å². The van der Waals surface area contributed by atoms with Gasteiger partial charge < -0.3 is 9.42 Å². The molecule has 1 N–H and O–H groups in total. The predicted octanol–water partition coefficient (Wildman–Crippen LogP) is 1.81. The average Bonchev–Trinajstić information content (AvgIpc) is 3.47. The molecule has 0 aliphatic carbocycles. The number of rotatable bonds is 8. The number of sulfonamides is 1. The van der Waals surface area contributed by atoms with E-state index in [9.17, 15) is 13.2 Å². The summed E-state index contributed by atoms with van der Waals surface area (Å²) in [4.78, 5) is 22.0. The molecule has 0 spiro atoms. The van der Waals surface area contributed by atoms with Crippen molar-refractivity contribution in [2.24, 2.45) is 0 Å². The van der Waals surface area contributed by atoms with Crippen LogP contribution < -0.4 is 4.72 Å². The monoisotopic (exact) mass is 461 g/mol. The van der Waals surface area contributed by atoms with Gasteiger partial charge in [0.05, 0.1) is 16.3 Å². The highest BCUT2D eigenvalue weighted by atomic mass is 32.2. The fourth-order valence-corrected chi connectivity index (χ4v) is 5.01. The van der Waals surface area contributed by atoms with Crippen molar-refractivity contribution in [1.82, 2.24) is 24.7 Å². The molecule has 164 valence electrons. The number of benzene rings is 1. The second kappa shape index (κ2) is 9.69. The minimum Gasteiger partial charge on any atom is -0.340 e. The Labute approximate surface area is 184 Å². The lowest BCUT2D eigenvalue weighted by Crippen LogP contribution is -2.48. The number of nitrogens with zero attached hydrogens (tertiary/aromatic N) is 4. The minimum absolute atomic E-state index is 0.0619. The predicted molar refractivity (Wildman–Crippen MR) is 116 cm³/mol. The van der Waals surface area contributed by atoms with Crippen molar-refractivity contribution in [3.05, 3.63) is 53.7 Å². The maximum absolute atomic E-state index is 12.5. The quantitative estimate of drug-likeness (QED) is 0.545. The smallest absolute Gasteiger partial charge is 0.241 e. The Morgan fingerprint density at radius 3 is 2.58 bits per heavy atom. The standard InChI is InChI=1S/C20H23N5O4S2/c26-19(8-9-21-31(27,28)16-5-2-1-3-6-16)25-12-10-24(11-13-25)15-18-22-20(23-29-18)17-7-4-14-30-17/h1-7,14,21H,8-13,15H2. The van der Waals surface area contributed by atoms with Gasteiger partial charge in [0.2, 0.25) is 27.6 Å². The lowest BCUT2D eigenvalue weighted by atomic mass is 10.2. The van der Waals surface area contributed by atoms with Gasteiger partial charge in [0.25, 0.3) is 0 Å². The zero-order chi connectivity index (χ0) is 21.7. The van der Waals surface area contributed by atoms with Crippen molar-refractivity contribution in [3.8, 4) is 10.7 Å². The van der Waals surface area contributed by atoms with E-state index in [4.69, 9.17) is 4.52 Å². The van der Waals surface area contributed by atoms with Crippen molar-refractivity contribution in [2.45, 2.75) is 17.9 Å². The van der Waals surface area contributed by atoms with Crippen LogP contribution in [0.3, 0.4) is 0 Å². The van der Waals surface area contributed by atoms with Gasteiger partial charge in [-0.2, -0.15) is 4.98 Å². The van der Waals surface area contributed by atoms with E-state index in [1.165, 1.54) is 12.1 Å². The zero-order valence-corrected chi connectivity index (χ0v) is 18.4. The van der Waals surface area contributed by atoms with Crippen molar-refractivity contribution in [1.29, 1.82) is 0 Å². The second-order valence-corrected chi connectivity index (χ2v) is 9.82. The minimum atomic E-state index is -3.60. The summed E-state index contributed by atoms with van der Waals surface area (Å²) in [6, 6.07) is 12.0. The Morgan fingerprint density at radius 2 is 1.87 bits per heavy atom. The molecule has 1 aliphatic heterocycles. The summed E-state index contributed by atoms with van der Waals surface area (Å²) in [5, 5.41) is 5.99. The first-order valence-corrected chi connectivity index (χ1v) is 12.3. The molecule has 1 aliphatic rings. The van der Waals surface area contributed by atoms with Crippen LogP contribution in [0.4, 0.5) is 0 Å². The number of aromatic nitrogens is 2. The summed E-state index contributed by atoms with van der Waals surface area (Å²) in [7, 11) is -3.60. The van der Waals surface area contributed by atoms with Gasteiger partial charge in [-0.15, -0.1) is 11.3 Å². The maximum Gasteiger partial charge on any atom is 0.241 e. The molecule has 31 heavy (non-hydrogen) atoms. The third kappa shape index (κ3) is 5.56. The number of thiophene rings is 1. The molecule has 0 saturated carbocycles. The number of carbonyl (C=O) groups is 1. The Hall–Kier alpha value is -2.60. The second-order valence-electron chi connectivity index (χ2n) is 7.11. The molecule has 11 heteroatoms. The highest BCUT2D eigenvalue weighted by Crippen LogP contribution is 2.21. The molecule has 0 atom stereocenters. The normalized spacial score (nSPS) is 15.3. The lowest BCUT2D eigenvalue weighted by Gasteiger charge is -2.34. The van der Waals surface area contributed by atoms with Crippen LogP contribution in [-0.2, 0) is 21.4 Å². The van der Waals surface area contributed by atoms with E-state index in [-0.39, 0.29) is 23.8 Å².